The summed E-state index contributed by atoms with van der Waals surface area (Å²) in [5.41, 5.74) is 4.00. The molecule has 28 heavy (non-hydrogen) atoms. The molecule has 5 aromatic carbocycles. The van der Waals surface area contributed by atoms with E-state index in [2.05, 4.69) is 66.7 Å². The van der Waals surface area contributed by atoms with E-state index in [1.165, 1.54) is 16.2 Å². The van der Waals surface area contributed by atoms with Gasteiger partial charge in [0.25, 0.3) is 0 Å². The Hall–Kier alpha value is -2.80. The van der Waals surface area contributed by atoms with Crippen LogP contribution in [0, 0.1) is 0 Å². The first-order valence-electron chi connectivity index (χ1n) is 9.18. The lowest BCUT2D eigenvalue weighted by atomic mass is 9.94. The van der Waals surface area contributed by atoms with Gasteiger partial charge in [-0.05, 0) is 44.8 Å². The second kappa shape index (κ2) is 6.98. The maximum atomic E-state index is 6.95. The minimum absolute atomic E-state index is 0.658. The molecule has 0 unspecified atom stereocenters. The summed E-state index contributed by atoms with van der Waals surface area (Å²) in [4.78, 5) is 0. The Morgan fingerprint density at radius 1 is 0.500 bits per heavy atom. The summed E-state index contributed by atoms with van der Waals surface area (Å²) in [6.07, 6.45) is 0. The van der Waals surface area contributed by atoms with Gasteiger partial charge in [-0.2, -0.15) is 0 Å². The van der Waals surface area contributed by atoms with E-state index in [4.69, 9.17) is 23.2 Å². The third kappa shape index (κ3) is 2.86. The monoisotopic (exact) mass is 398 g/mol. The lowest BCUT2D eigenvalue weighted by Crippen LogP contribution is -1.88. The molecule has 0 amide bonds. The smallest absolute Gasteiger partial charge is 0.0577 e. The summed E-state index contributed by atoms with van der Waals surface area (Å²) in [6.45, 7) is 0. The fourth-order valence-electron chi connectivity index (χ4n) is 3.82. The van der Waals surface area contributed by atoms with E-state index in [-0.39, 0.29) is 0 Å². The average Bonchev–Trinajstić information content (AvgIpc) is 2.74. The van der Waals surface area contributed by atoms with Crippen molar-refractivity contribution in [2.75, 3.05) is 0 Å². The molecular weight excluding hydrogens is 383 g/mol. The van der Waals surface area contributed by atoms with Crippen LogP contribution in [-0.4, -0.2) is 0 Å². The van der Waals surface area contributed by atoms with Crippen LogP contribution in [0.1, 0.15) is 0 Å². The van der Waals surface area contributed by atoms with Crippen molar-refractivity contribution in [2.45, 2.75) is 0 Å². The first-order chi connectivity index (χ1) is 13.7. The highest BCUT2D eigenvalue weighted by Gasteiger charge is 2.16. The molecule has 2 heteroatoms. The molecule has 0 aliphatic rings. The van der Waals surface area contributed by atoms with Crippen LogP contribution in [0.15, 0.2) is 97.1 Å². The van der Waals surface area contributed by atoms with Crippen molar-refractivity contribution >= 4 is 44.7 Å². The van der Waals surface area contributed by atoms with Gasteiger partial charge in [0, 0.05) is 16.1 Å². The van der Waals surface area contributed by atoms with Crippen LogP contribution in [0.3, 0.4) is 0 Å². The fraction of sp³-hybridized carbons (Fsp3) is 0. The van der Waals surface area contributed by atoms with Gasteiger partial charge in [-0.3, -0.25) is 0 Å². The van der Waals surface area contributed by atoms with Gasteiger partial charge < -0.3 is 0 Å². The van der Waals surface area contributed by atoms with Crippen molar-refractivity contribution in [1.29, 1.82) is 0 Å². The minimum atomic E-state index is 0.658. The Bertz CT molecular complexity index is 1330. The molecule has 0 fully saturated rings. The van der Waals surface area contributed by atoms with Crippen LogP contribution < -0.4 is 0 Å². The molecule has 0 atom stereocenters. The quantitative estimate of drug-likeness (QED) is 0.279. The number of fused-ring (bicyclic) bond motifs is 2. The van der Waals surface area contributed by atoms with E-state index in [1.54, 1.807) is 0 Å². The molecule has 0 saturated carbocycles. The number of hydrogen-bond acceptors (Lipinski definition) is 0. The van der Waals surface area contributed by atoms with Crippen molar-refractivity contribution in [3.63, 3.8) is 0 Å². The van der Waals surface area contributed by atoms with Gasteiger partial charge in [0.1, 0.15) is 0 Å². The van der Waals surface area contributed by atoms with Gasteiger partial charge in [-0.1, -0.05) is 108 Å². The molecule has 0 radical (unpaired) electrons. The molecular formula is C26H16Cl2. The maximum Gasteiger partial charge on any atom is 0.0577 e. The largest absolute Gasteiger partial charge is 0.0836 e. The third-order valence-electron chi connectivity index (χ3n) is 5.21. The number of hydrogen-bond donors (Lipinski definition) is 0. The van der Waals surface area contributed by atoms with Gasteiger partial charge in [0.15, 0.2) is 0 Å². The van der Waals surface area contributed by atoms with E-state index < -0.39 is 0 Å². The highest BCUT2D eigenvalue weighted by molar-refractivity contribution is 6.41. The van der Waals surface area contributed by atoms with Crippen LogP contribution in [-0.2, 0) is 0 Å². The number of halogens is 2. The lowest BCUT2D eigenvalue weighted by Gasteiger charge is -2.15. The molecule has 134 valence electrons. The molecule has 0 aliphatic carbocycles. The standard InChI is InChI=1S/C26H16Cl2/c27-24-15-14-22(20-13-12-17-6-1-2-8-19(17)16-20)26(28)25(24)23-11-5-9-18-7-3-4-10-21(18)23/h1-16H. The Balaban J connectivity index is 1.76. The summed E-state index contributed by atoms with van der Waals surface area (Å²) in [6, 6.07) is 33.2. The highest BCUT2D eigenvalue weighted by atomic mass is 35.5. The van der Waals surface area contributed by atoms with Crippen LogP contribution in [0.2, 0.25) is 10.0 Å². The summed E-state index contributed by atoms with van der Waals surface area (Å²) in [5, 5.41) is 6.06. The van der Waals surface area contributed by atoms with E-state index >= 15 is 0 Å². The number of benzene rings is 5. The van der Waals surface area contributed by atoms with E-state index in [9.17, 15) is 0 Å². The zero-order valence-corrected chi connectivity index (χ0v) is 16.5. The first kappa shape index (κ1) is 17.3. The van der Waals surface area contributed by atoms with Gasteiger partial charge in [-0.15, -0.1) is 0 Å². The van der Waals surface area contributed by atoms with E-state index in [0.717, 1.165) is 27.6 Å². The summed E-state index contributed by atoms with van der Waals surface area (Å²) >= 11 is 13.6. The van der Waals surface area contributed by atoms with Gasteiger partial charge in [-0.25, -0.2) is 0 Å². The average molecular weight is 399 g/mol. The Morgan fingerprint density at radius 3 is 2.07 bits per heavy atom. The van der Waals surface area contributed by atoms with Gasteiger partial charge in [0.2, 0.25) is 0 Å². The zero-order chi connectivity index (χ0) is 19.1. The zero-order valence-electron chi connectivity index (χ0n) is 15.0. The molecule has 0 aromatic heterocycles. The lowest BCUT2D eigenvalue weighted by molar-refractivity contribution is 1.61. The summed E-state index contributed by atoms with van der Waals surface area (Å²) < 4.78 is 0. The van der Waals surface area contributed by atoms with Crippen molar-refractivity contribution in [2.24, 2.45) is 0 Å². The molecule has 0 nitrogen and oxygen atoms in total. The Kier molecular flexibility index (Phi) is 4.31. The van der Waals surface area contributed by atoms with Gasteiger partial charge in [0.05, 0.1) is 5.02 Å². The maximum absolute atomic E-state index is 6.95. The molecule has 0 spiro atoms. The predicted octanol–water partition coefficient (Wildman–Crippen LogP) is 8.63. The van der Waals surface area contributed by atoms with Crippen LogP contribution in [0.5, 0.6) is 0 Å². The topological polar surface area (TPSA) is 0 Å². The molecule has 0 heterocycles. The van der Waals surface area contributed by atoms with Crippen molar-refractivity contribution in [3.05, 3.63) is 107 Å². The van der Waals surface area contributed by atoms with Crippen LogP contribution >= 0.6 is 23.2 Å². The first-order valence-corrected chi connectivity index (χ1v) is 9.93. The normalized spacial score (nSPS) is 11.2. The molecule has 0 aliphatic heterocycles. The SMILES string of the molecule is Clc1ccc(-c2ccc3ccccc3c2)c(Cl)c1-c1cccc2ccccc12. The second-order valence-corrected chi connectivity index (χ2v) is 7.66. The third-order valence-corrected chi connectivity index (χ3v) is 5.92. The van der Waals surface area contributed by atoms with Crippen molar-refractivity contribution in [1.82, 2.24) is 0 Å². The van der Waals surface area contributed by atoms with Gasteiger partial charge >= 0.3 is 0 Å². The molecule has 0 bridgehead atoms. The van der Waals surface area contributed by atoms with Crippen molar-refractivity contribution < 1.29 is 0 Å². The molecule has 0 N–H and O–H groups in total. The predicted molar refractivity (Wildman–Crippen MR) is 122 cm³/mol. The molecule has 5 aromatic rings. The van der Waals surface area contributed by atoms with E-state index in [0.29, 0.717) is 10.0 Å². The van der Waals surface area contributed by atoms with Crippen molar-refractivity contribution in [3.8, 4) is 22.3 Å². The fourth-order valence-corrected chi connectivity index (χ4v) is 4.51. The minimum Gasteiger partial charge on any atom is -0.0836 e. The molecule has 5 rings (SSSR count). The summed E-state index contributed by atoms with van der Waals surface area (Å²) in [5.74, 6) is 0. The number of rotatable bonds is 2. The Morgan fingerprint density at radius 2 is 1.21 bits per heavy atom. The molecule has 0 saturated heterocycles. The Labute approximate surface area is 174 Å². The van der Waals surface area contributed by atoms with E-state index in [1.807, 2.05) is 30.3 Å². The second-order valence-electron chi connectivity index (χ2n) is 6.87. The highest BCUT2D eigenvalue weighted by Crippen LogP contribution is 2.43. The van der Waals surface area contributed by atoms with Crippen LogP contribution in [0.25, 0.3) is 43.8 Å². The van der Waals surface area contributed by atoms with Crippen LogP contribution in [0.4, 0.5) is 0 Å². The summed E-state index contributed by atoms with van der Waals surface area (Å²) in [7, 11) is 0.